The zero-order chi connectivity index (χ0) is 21.1. The highest BCUT2D eigenvalue weighted by Gasteiger charge is 2.15. The van der Waals surface area contributed by atoms with Crippen LogP contribution in [0.3, 0.4) is 0 Å². The third-order valence-corrected chi connectivity index (χ3v) is 6.55. The summed E-state index contributed by atoms with van der Waals surface area (Å²) in [5.41, 5.74) is 4.78. The maximum Gasteiger partial charge on any atom is 0.236 e. The van der Waals surface area contributed by atoms with Crippen molar-refractivity contribution in [1.29, 1.82) is 0 Å². The molecule has 0 saturated heterocycles. The molecule has 0 fully saturated rings. The van der Waals surface area contributed by atoms with E-state index in [1.54, 1.807) is 7.11 Å². The molecule has 2 heterocycles. The standard InChI is InChI=1S/C22H22N4O2S2/c1-13-8-9-19(28-3)15(10-13)18-11-30-22(25-18)26-20(27)12-29-14(2)21-23-16-6-4-5-7-17(16)24-21/h4-11,14H,12H2,1-3H3,(H,23,24)(H,25,26,27). The number of nitrogens with zero attached hydrogens (tertiary/aromatic N) is 2. The van der Waals surface area contributed by atoms with Crippen LogP contribution in [0, 0.1) is 6.92 Å². The van der Waals surface area contributed by atoms with Crippen LogP contribution in [0.5, 0.6) is 5.75 Å². The Morgan fingerprint density at radius 2 is 2.10 bits per heavy atom. The third-order valence-electron chi connectivity index (χ3n) is 4.64. The van der Waals surface area contributed by atoms with E-state index in [1.807, 2.05) is 61.7 Å². The lowest BCUT2D eigenvalue weighted by Gasteiger charge is -2.08. The number of anilines is 1. The average molecular weight is 439 g/mol. The predicted molar refractivity (Wildman–Crippen MR) is 124 cm³/mol. The molecule has 0 saturated carbocycles. The molecule has 2 N–H and O–H groups in total. The molecule has 1 atom stereocenters. The molecule has 0 bridgehead atoms. The number of H-pyrrole nitrogens is 1. The summed E-state index contributed by atoms with van der Waals surface area (Å²) in [5, 5.41) is 5.48. The van der Waals surface area contributed by atoms with Crippen molar-refractivity contribution >= 4 is 45.2 Å². The van der Waals surface area contributed by atoms with Crippen LogP contribution < -0.4 is 10.1 Å². The molecular weight excluding hydrogens is 416 g/mol. The van der Waals surface area contributed by atoms with Crippen molar-refractivity contribution < 1.29 is 9.53 Å². The molecular formula is C22H22N4O2S2. The number of nitrogens with one attached hydrogen (secondary N) is 2. The van der Waals surface area contributed by atoms with E-state index >= 15 is 0 Å². The minimum absolute atomic E-state index is 0.0755. The van der Waals surface area contributed by atoms with E-state index in [-0.39, 0.29) is 11.2 Å². The van der Waals surface area contributed by atoms with Crippen molar-refractivity contribution in [1.82, 2.24) is 15.0 Å². The number of thiazole rings is 1. The topological polar surface area (TPSA) is 79.9 Å². The Morgan fingerprint density at radius 1 is 1.27 bits per heavy atom. The van der Waals surface area contributed by atoms with Gasteiger partial charge in [-0.2, -0.15) is 0 Å². The minimum Gasteiger partial charge on any atom is -0.496 e. The SMILES string of the molecule is COc1ccc(C)cc1-c1csc(NC(=O)CSC(C)c2nc3ccccc3[nH]2)n1. The van der Waals surface area contributed by atoms with Crippen LogP contribution >= 0.6 is 23.1 Å². The number of aromatic amines is 1. The smallest absolute Gasteiger partial charge is 0.236 e. The molecule has 1 amide bonds. The number of rotatable bonds is 7. The van der Waals surface area contributed by atoms with Gasteiger partial charge >= 0.3 is 0 Å². The number of aryl methyl sites for hydroxylation is 1. The Balaban J connectivity index is 1.37. The number of benzene rings is 2. The van der Waals surface area contributed by atoms with Crippen molar-refractivity contribution in [3.63, 3.8) is 0 Å². The number of para-hydroxylation sites is 2. The number of carbonyl (C=O) groups excluding carboxylic acids is 1. The largest absolute Gasteiger partial charge is 0.496 e. The summed E-state index contributed by atoms with van der Waals surface area (Å²) in [5.74, 6) is 1.87. The molecule has 0 radical (unpaired) electrons. The predicted octanol–water partition coefficient (Wildman–Crippen LogP) is 5.44. The molecule has 2 aromatic heterocycles. The zero-order valence-electron chi connectivity index (χ0n) is 16.9. The van der Waals surface area contributed by atoms with Crippen molar-refractivity contribution in [2.75, 3.05) is 18.2 Å². The summed E-state index contributed by atoms with van der Waals surface area (Å²) in [7, 11) is 1.64. The number of aromatic nitrogens is 3. The van der Waals surface area contributed by atoms with Gasteiger partial charge in [-0.25, -0.2) is 9.97 Å². The first-order valence-electron chi connectivity index (χ1n) is 9.50. The molecule has 30 heavy (non-hydrogen) atoms. The van der Waals surface area contributed by atoms with Crippen molar-refractivity contribution in [3.05, 3.63) is 59.2 Å². The quantitative estimate of drug-likeness (QED) is 0.402. The summed E-state index contributed by atoms with van der Waals surface area (Å²) < 4.78 is 5.44. The summed E-state index contributed by atoms with van der Waals surface area (Å²) in [6.07, 6.45) is 0. The first-order valence-corrected chi connectivity index (χ1v) is 11.4. The number of fused-ring (bicyclic) bond motifs is 1. The minimum atomic E-state index is -0.0833. The van der Waals surface area contributed by atoms with Crippen LogP contribution in [0.15, 0.2) is 47.8 Å². The van der Waals surface area contributed by atoms with Crippen LogP contribution in [0.1, 0.15) is 23.6 Å². The van der Waals surface area contributed by atoms with Gasteiger partial charge in [0.15, 0.2) is 5.13 Å². The number of methoxy groups -OCH3 is 1. The zero-order valence-corrected chi connectivity index (χ0v) is 18.6. The molecule has 1 unspecified atom stereocenters. The van der Waals surface area contributed by atoms with E-state index in [0.717, 1.165) is 39.4 Å². The molecule has 8 heteroatoms. The lowest BCUT2D eigenvalue weighted by molar-refractivity contribution is -0.113. The Labute approximate surface area is 183 Å². The third kappa shape index (κ3) is 4.49. The fraction of sp³-hybridized carbons (Fsp3) is 0.227. The molecule has 4 aromatic rings. The fourth-order valence-electron chi connectivity index (χ4n) is 3.08. The van der Waals surface area contributed by atoms with E-state index in [2.05, 4.69) is 20.3 Å². The highest BCUT2D eigenvalue weighted by atomic mass is 32.2. The van der Waals surface area contributed by atoms with E-state index in [4.69, 9.17) is 4.74 Å². The molecule has 6 nitrogen and oxygen atoms in total. The fourth-order valence-corrected chi connectivity index (χ4v) is 4.55. The van der Waals surface area contributed by atoms with Gasteiger partial charge in [0.1, 0.15) is 11.6 Å². The normalized spacial score (nSPS) is 12.1. The summed E-state index contributed by atoms with van der Waals surface area (Å²) in [4.78, 5) is 24.9. The van der Waals surface area contributed by atoms with Gasteiger partial charge in [-0.05, 0) is 38.1 Å². The van der Waals surface area contributed by atoms with Crippen LogP contribution in [0.2, 0.25) is 0 Å². The Kier molecular flexibility index (Phi) is 6.06. The summed E-state index contributed by atoms with van der Waals surface area (Å²) >= 11 is 2.94. The number of thioether (sulfide) groups is 1. The van der Waals surface area contributed by atoms with E-state index in [9.17, 15) is 4.79 Å². The van der Waals surface area contributed by atoms with Crippen molar-refractivity contribution in [2.45, 2.75) is 19.1 Å². The second-order valence-electron chi connectivity index (χ2n) is 6.88. The van der Waals surface area contributed by atoms with Gasteiger partial charge in [0.2, 0.25) is 5.91 Å². The second-order valence-corrected chi connectivity index (χ2v) is 9.07. The maximum atomic E-state index is 12.4. The van der Waals surface area contributed by atoms with Crippen LogP contribution in [0.25, 0.3) is 22.3 Å². The van der Waals surface area contributed by atoms with Crippen LogP contribution in [-0.4, -0.2) is 33.7 Å². The molecule has 0 aliphatic heterocycles. The van der Waals surface area contributed by atoms with Gasteiger partial charge in [0.25, 0.3) is 0 Å². The van der Waals surface area contributed by atoms with Crippen molar-refractivity contribution in [3.8, 4) is 17.0 Å². The van der Waals surface area contributed by atoms with Crippen molar-refractivity contribution in [2.24, 2.45) is 0 Å². The highest BCUT2D eigenvalue weighted by molar-refractivity contribution is 8.00. The van der Waals surface area contributed by atoms with Crippen LogP contribution in [-0.2, 0) is 4.79 Å². The highest BCUT2D eigenvalue weighted by Crippen LogP contribution is 2.33. The average Bonchev–Trinajstić information content (AvgIpc) is 3.39. The van der Waals surface area contributed by atoms with E-state index in [0.29, 0.717) is 10.9 Å². The second kappa shape index (κ2) is 8.89. The Bertz CT molecular complexity index is 1150. The molecule has 0 aliphatic carbocycles. The number of carbonyl (C=O) groups is 1. The molecule has 4 rings (SSSR count). The van der Waals surface area contributed by atoms with Gasteiger partial charge in [0.05, 0.1) is 34.8 Å². The molecule has 154 valence electrons. The Hall–Kier alpha value is -2.84. The lowest BCUT2D eigenvalue weighted by Crippen LogP contribution is -2.14. The first kappa shape index (κ1) is 20.4. The Morgan fingerprint density at radius 3 is 2.90 bits per heavy atom. The van der Waals surface area contributed by atoms with Gasteiger partial charge in [-0.3, -0.25) is 4.79 Å². The molecule has 0 aliphatic rings. The van der Waals surface area contributed by atoms with E-state index < -0.39 is 0 Å². The van der Waals surface area contributed by atoms with Gasteiger partial charge in [-0.1, -0.05) is 23.8 Å². The van der Waals surface area contributed by atoms with Crippen LogP contribution in [0.4, 0.5) is 5.13 Å². The van der Waals surface area contributed by atoms with E-state index in [1.165, 1.54) is 23.1 Å². The summed E-state index contributed by atoms with van der Waals surface area (Å²) in [6.45, 7) is 4.07. The monoisotopic (exact) mass is 438 g/mol. The first-order chi connectivity index (χ1) is 14.5. The number of ether oxygens (including phenoxy) is 1. The lowest BCUT2D eigenvalue weighted by atomic mass is 10.1. The van der Waals surface area contributed by atoms with Gasteiger partial charge in [0, 0.05) is 10.9 Å². The number of imidazole rings is 1. The molecule has 0 spiro atoms. The summed E-state index contributed by atoms with van der Waals surface area (Å²) in [6, 6.07) is 13.9. The number of amides is 1. The number of hydrogen-bond acceptors (Lipinski definition) is 6. The van der Waals surface area contributed by atoms with Gasteiger partial charge in [-0.15, -0.1) is 23.1 Å². The van der Waals surface area contributed by atoms with Gasteiger partial charge < -0.3 is 15.0 Å². The number of hydrogen-bond donors (Lipinski definition) is 2. The molecule has 2 aromatic carbocycles. The maximum absolute atomic E-state index is 12.4.